The Balaban J connectivity index is 1.57. The van der Waals surface area contributed by atoms with Gasteiger partial charge >= 0.3 is 0 Å². The number of halogens is 2. The van der Waals surface area contributed by atoms with Crippen LogP contribution in [0.2, 0.25) is 10.0 Å². The predicted molar refractivity (Wildman–Crippen MR) is 103 cm³/mol. The molecule has 0 bridgehead atoms. The molecule has 1 fully saturated rings. The van der Waals surface area contributed by atoms with E-state index in [0.29, 0.717) is 22.2 Å². The molecular weight excluding hydrogens is 395 g/mol. The van der Waals surface area contributed by atoms with Crippen molar-refractivity contribution in [1.82, 2.24) is 4.72 Å². The molecule has 0 atom stereocenters. The first kappa shape index (κ1) is 19.2. The minimum atomic E-state index is -3.45. The van der Waals surface area contributed by atoms with Gasteiger partial charge in [-0.05, 0) is 49.1 Å². The van der Waals surface area contributed by atoms with Gasteiger partial charge in [0.05, 0.1) is 20.6 Å². The number of hydrogen-bond donors (Lipinski definition) is 2. The molecule has 0 unspecified atom stereocenters. The van der Waals surface area contributed by atoms with E-state index in [2.05, 4.69) is 10.0 Å². The summed E-state index contributed by atoms with van der Waals surface area (Å²) in [4.78, 5) is 12.3. The van der Waals surface area contributed by atoms with Crippen molar-refractivity contribution in [2.24, 2.45) is 0 Å². The number of hydrogen-bond acceptors (Lipinski definition) is 3. The Kier molecular flexibility index (Phi) is 5.87. The van der Waals surface area contributed by atoms with Crippen LogP contribution in [0.3, 0.4) is 0 Å². The Hall–Kier alpha value is -1.60. The molecule has 26 heavy (non-hydrogen) atoms. The Labute approximate surface area is 162 Å². The lowest BCUT2D eigenvalue weighted by Gasteiger charge is -2.09. The number of benzene rings is 2. The van der Waals surface area contributed by atoms with Gasteiger partial charge < -0.3 is 5.32 Å². The molecule has 2 aromatic carbocycles. The SMILES string of the molecule is O=C(CCc1ccc(S(=O)(=O)NC2CC2)cc1)Nc1c(Cl)cccc1Cl. The molecule has 0 heterocycles. The number of carbonyl (C=O) groups is 1. The summed E-state index contributed by atoms with van der Waals surface area (Å²) >= 11 is 12.1. The zero-order valence-electron chi connectivity index (χ0n) is 13.8. The van der Waals surface area contributed by atoms with Crippen LogP contribution in [-0.4, -0.2) is 20.4 Å². The predicted octanol–water partition coefficient (Wildman–Crippen LogP) is 4.01. The van der Waals surface area contributed by atoms with Crippen LogP contribution in [0, 0.1) is 0 Å². The van der Waals surface area contributed by atoms with Gasteiger partial charge in [0, 0.05) is 12.5 Å². The topological polar surface area (TPSA) is 75.3 Å². The first-order valence-corrected chi connectivity index (χ1v) is 10.4. The Bertz CT molecular complexity index is 890. The highest BCUT2D eigenvalue weighted by Crippen LogP contribution is 2.30. The Morgan fingerprint density at radius 2 is 1.65 bits per heavy atom. The van der Waals surface area contributed by atoms with E-state index < -0.39 is 10.0 Å². The number of rotatable bonds is 7. The molecule has 0 aliphatic heterocycles. The molecule has 2 aromatic rings. The van der Waals surface area contributed by atoms with Crippen LogP contribution >= 0.6 is 23.2 Å². The summed E-state index contributed by atoms with van der Waals surface area (Å²) in [7, 11) is -3.45. The smallest absolute Gasteiger partial charge is 0.240 e. The second kappa shape index (κ2) is 7.96. The molecule has 0 aromatic heterocycles. The van der Waals surface area contributed by atoms with Crippen LogP contribution in [0.4, 0.5) is 5.69 Å². The molecule has 1 aliphatic carbocycles. The summed E-state index contributed by atoms with van der Waals surface area (Å²) in [6.45, 7) is 0. The second-order valence-corrected chi connectivity index (χ2v) is 8.71. The molecule has 3 rings (SSSR count). The highest BCUT2D eigenvalue weighted by molar-refractivity contribution is 7.89. The lowest BCUT2D eigenvalue weighted by molar-refractivity contribution is -0.116. The third-order valence-corrected chi connectivity index (χ3v) is 6.17. The van der Waals surface area contributed by atoms with Gasteiger partial charge in [-0.3, -0.25) is 4.79 Å². The molecule has 8 heteroatoms. The molecule has 138 valence electrons. The largest absolute Gasteiger partial charge is 0.324 e. The van der Waals surface area contributed by atoms with Gasteiger partial charge in [0.15, 0.2) is 0 Å². The zero-order valence-corrected chi connectivity index (χ0v) is 16.2. The van der Waals surface area contributed by atoms with Crippen molar-refractivity contribution >= 4 is 44.8 Å². The molecule has 1 saturated carbocycles. The van der Waals surface area contributed by atoms with Gasteiger partial charge in [0.1, 0.15) is 0 Å². The first-order valence-electron chi connectivity index (χ1n) is 8.20. The van der Waals surface area contributed by atoms with Crippen molar-refractivity contribution in [3.8, 4) is 0 Å². The van der Waals surface area contributed by atoms with Crippen molar-refractivity contribution < 1.29 is 13.2 Å². The van der Waals surface area contributed by atoms with Crippen LogP contribution in [0.1, 0.15) is 24.8 Å². The number of carbonyl (C=O) groups excluding carboxylic acids is 1. The molecule has 0 spiro atoms. The summed E-state index contributed by atoms with van der Waals surface area (Å²) in [5.74, 6) is -0.216. The van der Waals surface area contributed by atoms with Gasteiger partial charge in [0.2, 0.25) is 15.9 Å². The molecule has 1 aliphatic rings. The van der Waals surface area contributed by atoms with Gasteiger partial charge in [-0.2, -0.15) is 0 Å². The Morgan fingerprint density at radius 1 is 1.04 bits per heavy atom. The van der Waals surface area contributed by atoms with Gasteiger partial charge in [-0.25, -0.2) is 13.1 Å². The number of sulfonamides is 1. The van der Waals surface area contributed by atoms with Crippen molar-refractivity contribution in [3.63, 3.8) is 0 Å². The van der Waals surface area contributed by atoms with Gasteiger partial charge in [-0.1, -0.05) is 41.4 Å². The van der Waals surface area contributed by atoms with Gasteiger partial charge in [0.25, 0.3) is 0 Å². The van der Waals surface area contributed by atoms with Crippen molar-refractivity contribution in [2.75, 3.05) is 5.32 Å². The van der Waals surface area contributed by atoms with Crippen LogP contribution in [0.15, 0.2) is 47.4 Å². The fraction of sp³-hybridized carbons (Fsp3) is 0.278. The number of anilines is 1. The molecule has 0 radical (unpaired) electrons. The minimum absolute atomic E-state index is 0.0695. The van der Waals surface area contributed by atoms with E-state index in [1.165, 1.54) is 0 Å². The van der Waals surface area contributed by atoms with E-state index in [9.17, 15) is 13.2 Å². The Morgan fingerprint density at radius 3 is 2.23 bits per heavy atom. The number of amides is 1. The monoisotopic (exact) mass is 412 g/mol. The van der Waals surface area contributed by atoms with Gasteiger partial charge in [-0.15, -0.1) is 0 Å². The molecule has 0 saturated heterocycles. The molecular formula is C18H18Cl2N2O3S. The van der Waals surface area contributed by atoms with E-state index in [4.69, 9.17) is 23.2 Å². The third-order valence-electron chi connectivity index (χ3n) is 4.00. The van der Waals surface area contributed by atoms with Crippen LogP contribution in [0.25, 0.3) is 0 Å². The number of para-hydroxylation sites is 1. The molecule has 5 nitrogen and oxygen atoms in total. The number of aryl methyl sites for hydroxylation is 1. The summed E-state index contributed by atoms with van der Waals surface area (Å²) in [5, 5.41) is 3.46. The van der Waals surface area contributed by atoms with E-state index in [1.807, 2.05) is 0 Å². The maximum absolute atomic E-state index is 12.1. The summed E-state index contributed by atoms with van der Waals surface area (Å²) in [5.41, 5.74) is 1.27. The summed E-state index contributed by atoms with van der Waals surface area (Å²) in [6.07, 6.45) is 2.49. The highest BCUT2D eigenvalue weighted by atomic mass is 35.5. The third kappa shape index (κ3) is 4.98. The second-order valence-electron chi connectivity index (χ2n) is 6.18. The van der Waals surface area contributed by atoms with Crippen molar-refractivity contribution in [1.29, 1.82) is 0 Å². The van der Waals surface area contributed by atoms with E-state index in [1.54, 1.807) is 42.5 Å². The normalized spacial score (nSPS) is 14.2. The first-order chi connectivity index (χ1) is 12.3. The number of nitrogens with one attached hydrogen (secondary N) is 2. The standard InChI is InChI=1S/C18H18Cl2N2O3S/c19-15-2-1-3-16(20)18(15)21-17(23)11-6-12-4-9-14(10-5-12)26(24,25)22-13-7-8-13/h1-5,9-10,13,22H,6-8,11H2,(H,21,23). The lowest BCUT2D eigenvalue weighted by atomic mass is 10.1. The highest BCUT2D eigenvalue weighted by Gasteiger charge is 2.27. The van der Waals surface area contributed by atoms with Crippen LogP contribution in [0.5, 0.6) is 0 Å². The van der Waals surface area contributed by atoms with Crippen molar-refractivity contribution in [3.05, 3.63) is 58.1 Å². The van der Waals surface area contributed by atoms with Crippen LogP contribution < -0.4 is 10.0 Å². The lowest BCUT2D eigenvalue weighted by Crippen LogP contribution is -2.25. The molecule has 2 N–H and O–H groups in total. The van der Waals surface area contributed by atoms with Crippen molar-refractivity contribution in [2.45, 2.75) is 36.6 Å². The minimum Gasteiger partial charge on any atom is -0.324 e. The maximum atomic E-state index is 12.1. The van der Waals surface area contributed by atoms with E-state index >= 15 is 0 Å². The fourth-order valence-corrected chi connectivity index (χ4v) is 4.20. The van der Waals surface area contributed by atoms with E-state index in [0.717, 1.165) is 18.4 Å². The quantitative estimate of drug-likeness (QED) is 0.721. The summed E-state index contributed by atoms with van der Waals surface area (Å²) in [6, 6.07) is 11.6. The fourth-order valence-electron chi connectivity index (χ4n) is 2.40. The zero-order chi connectivity index (χ0) is 18.7. The molecule has 1 amide bonds. The maximum Gasteiger partial charge on any atom is 0.240 e. The average molecular weight is 413 g/mol. The summed E-state index contributed by atoms with van der Waals surface area (Å²) < 4.78 is 26.9. The van der Waals surface area contributed by atoms with E-state index in [-0.39, 0.29) is 23.3 Å². The van der Waals surface area contributed by atoms with Crippen LogP contribution in [-0.2, 0) is 21.2 Å². The average Bonchev–Trinajstić information content (AvgIpc) is 3.40.